The van der Waals surface area contributed by atoms with Crippen LogP contribution < -0.4 is 9.73 Å². The van der Waals surface area contributed by atoms with E-state index in [4.69, 9.17) is 11.6 Å². The fourth-order valence-corrected chi connectivity index (χ4v) is 6.01. The average molecular weight is 549 g/mol. The summed E-state index contributed by atoms with van der Waals surface area (Å²) in [6.07, 6.45) is 2.16. The van der Waals surface area contributed by atoms with Crippen molar-refractivity contribution in [3.63, 3.8) is 0 Å². The van der Waals surface area contributed by atoms with E-state index in [0.717, 1.165) is 32.5 Å². The van der Waals surface area contributed by atoms with Crippen molar-refractivity contribution in [1.82, 2.24) is 9.99 Å². The molecule has 1 amide bonds. The van der Waals surface area contributed by atoms with E-state index < -0.39 is 22.5 Å². The second kappa shape index (κ2) is 11.7. The summed E-state index contributed by atoms with van der Waals surface area (Å²) in [4.78, 5) is 13.1. The Bertz CT molecular complexity index is 1580. The van der Waals surface area contributed by atoms with Crippen LogP contribution >= 0.6 is 11.6 Å². The monoisotopic (exact) mass is 548 g/mol. The number of carbonyl (C=O) groups is 1. The number of nitrogens with one attached hydrogen (secondary N) is 1. The zero-order valence-corrected chi connectivity index (χ0v) is 23.0. The Morgan fingerprint density at radius 2 is 1.71 bits per heavy atom. The van der Waals surface area contributed by atoms with Gasteiger partial charge in [-0.3, -0.25) is 9.10 Å². The molecule has 9 heteroatoms. The van der Waals surface area contributed by atoms with Gasteiger partial charge in [0.2, 0.25) is 0 Å². The lowest BCUT2D eigenvalue weighted by atomic mass is 10.1. The van der Waals surface area contributed by atoms with Gasteiger partial charge in [-0.2, -0.15) is 5.10 Å². The van der Waals surface area contributed by atoms with E-state index >= 15 is 0 Å². The highest BCUT2D eigenvalue weighted by molar-refractivity contribution is 7.92. The van der Waals surface area contributed by atoms with E-state index in [1.165, 1.54) is 12.1 Å². The van der Waals surface area contributed by atoms with Crippen LogP contribution in [0, 0.1) is 13.8 Å². The number of hydrogen-bond donors (Lipinski definition) is 1. The van der Waals surface area contributed by atoms with Crippen molar-refractivity contribution in [2.75, 3.05) is 10.8 Å². The number of rotatable bonds is 9. The number of amides is 1. The lowest BCUT2D eigenvalue weighted by molar-refractivity contribution is -0.119. The first-order valence-electron chi connectivity index (χ1n) is 12.1. The molecule has 0 unspecified atom stereocenters. The minimum Gasteiger partial charge on any atom is -0.318 e. The van der Waals surface area contributed by atoms with Gasteiger partial charge in [0.25, 0.3) is 15.9 Å². The summed E-state index contributed by atoms with van der Waals surface area (Å²) in [7, 11) is -4.00. The first kappa shape index (κ1) is 27.2. The summed E-state index contributed by atoms with van der Waals surface area (Å²) >= 11 is 6.17. The van der Waals surface area contributed by atoms with Crippen LogP contribution in [-0.2, 0) is 21.2 Å². The van der Waals surface area contributed by atoms with Crippen LogP contribution in [0.25, 0.3) is 5.69 Å². The third kappa shape index (κ3) is 5.82. The molecule has 1 heterocycles. The molecule has 3 aromatic carbocycles. The quantitative estimate of drug-likeness (QED) is 0.216. The third-order valence-corrected chi connectivity index (χ3v) is 8.20. The number of para-hydroxylation sites is 1. The largest absolute Gasteiger partial charge is 0.318 e. The van der Waals surface area contributed by atoms with E-state index in [1.54, 1.807) is 36.5 Å². The zero-order chi connectivity index (χ0) is 27.3. The predicted octanol–water partition coefficient (Wildman–Crippen LogP) is 5.66. The first-order chi connectivity index (χ1) is 18.2. The van der Waals surface area contributed by atoms with Gasteiger partial charge in [0.1, 0.15) is 6.54 Å². The standard InChI is InChI=1S/C29H29ClN4O3S/c1-4-23-11-8-9-16-28(23)33(38(36,37)27-14-6-5-7-15-27)20-29(35)32-31-19-24-17-21(2)34(22(24)3)26-13-10-12-25(30)18-26/h5-19H,4,20H2,1-3H3,(H,32,35)/b31-19-. The number of halogens is 1. The van der Waals surface area contributed by atoms with Gasteiger partial charge in [0, 0.05) is 27.7 Å². The smallest absolute Gasteiger partial charge is 0.264 e. The van der Waals surface area contributed by atoms with Crippen molar-refractivity contribution in [2.45, 2.75) is 32.1 Å². The number of benzene rings is 3. The van der Waals surface area contributed by atoms with Gasteiger partial charge >= 0.3 is 0 Å². The van der Waals surface area contributed by atoms with Crippen LogP contribution in [0.1, 0.15) is 29.4 Å². The average Bonchev–Trinajstić information content (AvgIpc) is 3.20. The number of hydrazone groups is 1. The number of anilines is 1. The molecular formula is C29H29ClN4O3S. The van der Waals surface area contributed by atoms with Crippen LogP contribution in [-0.4, -0.2) is 31.7 Å². The SMILES string of the molecule is CCc1ccccc1N(CC(=O)N/N=C\c1cc(C)n(-c2cccc(Cl)c2)c1C)S(=O)(=O)c1ccccc1. The minimum atomic E-state index is -4.00. The Morgan fingerprint density at radius 3 is 2.42 bits per heavy atom. The molecule has 1 aromatic heterocycles. The maximum Gasteiger partial charge on any atom is 0.264 e. The Balaban J connectivity index is 1.57. The van der Waals surface area contributed by atoms with E-state index in [9.17, 15) is 13.2 Å². The van der Waals surface area contributed by atoms with Crippen molar-refractivity contribution < 1.29 is 13.2 Å². The molecule has 0 spiro atoms. The Labute approximate surface area is 228 Å². The Hall–Kier alpha value is -3.88. The number of nitrogens with zero attached hydrogens (tertiary/aromatic N) is 3. The fourth-order valence-electron chi connectivity index (χ4n) is 4.34. The van der Waals surface area contributed by atoms with Gasteiger partial charge in [-0.15, -0.1) is 0 Å². The highest BCUT2D eigenvalue weighted by Gasteiger charge is 2.28. The molecule has 0 saturated heterocycles. The molecule has 0 bridgehead atoms. The number of sulfonamides is 1. The molecule has 1 N–H and O–H groups in total. The summed E-state index contributed by atoms with van der Waals surface area (Å²) in [6.45, 7) is 5.44. The van der Waals surface area contributed by atoms with Crippen LogP contribution in [0.15, 0.2) is 94.9 Å². The van der Waals surface area contributed by atoms with Gasteiger partial charge in [0.15, 0.2) is 0 Å². The molecule has 196 valence electrons. The van der Waals surface area contributed by atoms with Gasteiger partial charge in [-0.05, 0) is 68.3 Å². The number of hydrogen-bond acceptors (Lipinski definition) is 4. The highest BCUT2D eigenvalue weighted by atomic mass is 35.5. The summed E-state index contributed by atoms with van der Waals surface area (Å²) in [5.74, 6) is -0.560. The highest BCUT2D eigenvalue weighted by Crippen LogP contribution is 2.27. The first-order valence-corrected chi connectivity index (χ1v) is 14.0. The summed E-state index contributed by atoms with van der Waals surface area (Å²) in [6, 6.07) is 24.7. The molecule has 4 rings (SSSR count). The van der Waals surface area contributed by atoms with Crippen LogP contribution in [0.4, 0.5) is 5.69 Å². The number of carbonyl (C=O) groups excluding carboxylic acids is 1. The molecule has 0 fully saturated rings. The maximum absolute atomic E-state index is 13.6. The Morgan fingerprint density at radius 1 is 1.00 bits per heavy atom. The number of aromatic nitrogens is 1. The van der Waals surface area contributed by atoms with Crippen molar-refractivity contribution in [3.05, 3.63) is 112 Å². The number of aryl methyl sites for hydroxylation is 2. The van der Waals surface area contributed by atoms with Crippen LogP contribution in [0.3, 0.4) is 0 Å². The van der Waals surface area contributed by atoms with E-state index in [1.807, 2.05) is 67.8 Å². The van der Waals surface area contributed by atoms with Gasteiger partial charge in [-0.25, -0.2) is 13.8 Å². The normalized spacial score (nSPS) is 11.6. The van der Waals surface area contributed by atoms with E-state index in [2.05, 4.69) is 10.5 Å². The molecule has 7 nitrogen and oxygen atoms in total. The second-order valence-electron chi connectivity index (χ2n) is 8.74. The predicted molar refractivity (Wildman–Crippen MR) is 153 cm³/mol. The van der Waals surface area contributed by atoms with Gasteiger partial charge in [-0.1, -0.05) is 61.0 Å². The van der Waals surface area contributed by atoms with Crippen LogP contribution in [0.2, 0.25) is 5.02 Å². The second-order valence-corrected chi connectivity index (χ2v) is 11.0. The van der Waals surface area contributed by atoms with E-state index in [-0.39, 0.29) is 4.90 Å². The summed E-state index contributed by atoms with van der Waals surface area (Å²) in [5, 5.41) is 4.76. The van der Waals surface area contributed by atoms with E-state index in [0.29, 0.717) is 17.1 Å². The molecule has 0 radical (unpaired) electrons. The summed E-state index contributed by atoms with van der Waals surface area (Å²) in [5.41, 5.74) is 7.41. The maximum atomic E-state index is 13.6. The molecule has 0 atom stereocenters. The van der Waals surface area contributed by atoms with Crippen molar-refractivity contribution >= 4 is 39.4 Å². The molecule has 0 aliphatic carbocycles. The lowest BCUT2D eigenvalue weighted by Gasteiger charge is -2.25. The van der Waals surface area contributed by atoms with Gasteiger partial charge in [0.05, 0.1) is 16.8 Å². The summed E-state index contributed by atoms with van der Waals surface area (Å²) < 4.78 is 30.3. The molecule has 0 saturated carbocycles. The minimum absolute atomic E-state index is 0.107. The zero-order valence-electron chi connectivity index (χ0n) is 21.4. The molecule has 38 heavy (non-hydrogen) atoms. The lowest BCUT2D eigenvalue weighted by Crippen LogP contribution is -2.40. The van der Waals surface area contributed by atoms with Crippen molar-refractivity contribution in [3.8, 4) is 5.69 Å². The van der Waals surface area contributed by atoms with Gasteiger partial charge < -0.3 is 4.57 Å². The Kier molecular flexibility index (Phi) is 8.34. The third-order valence-electron chi connectivity index (χ3n) is 6.19. The van der Waals surface area contributed by atoms with Crippen LogP contribution in [0.5, 0.6) is 0 Å². The molecule has 4 aromatic rings. The fraction of sp³-hybridized carbons (Fsp3) is 0.172. The van der Waals surface area contributed by atoms with Crippen molar-refractivity contribution in [1.29, 1.82) is 0 Å². The molecular weight excluding hydrogens is 520 g/mol. The molecule has 0 aliphatic rings. The molecule has 0 aliphatic heterocycles. The topological polar surface area (TPSA) is 83.8 Å². The van der Waals surface area contributed by atoms with Crippen molar-refractivity contribution in [2.24, 2.45) is 5.10 Å².